The van der Waals surface area contributed by atoms with Crippen LogP contribution in [0.25, 0.3) is 0 Å². The van der Waals surface area contributed by atoms with Crippen molar-refractivity contribution in [2.75, 3.05) is 0 Å². The van der Waals surface area contributed by atoms with Gasteiger partial charge in [-0.25, -0.2) is 13.2 Å². The molecule has 0 unspecified atom stereocenters. The van der Waals surface area contributed by atoms with Gasteiger partial charge < -0.3 is 5.11 Å². The number of carboxylic acids is 1. The first-order chi connectivity index (χ1) is 8.14. The van der Waals surface area contributed by atoms with Crippen LogP contribution in [0, 0.1) is 5.82 Å². The highest BCUT2D eigenvalue weighted by atomic mass is 19.4. The SMILES string of the molecule is O=C(O)Cc1cnc(C(F)F)c(F)c1C(F)(F)F. The van der Waals surface area contributed by atoms with Crippen molar-refractivity contribution in [3.8, 4) is 0 Å². The Labute approximate surface area is 96.1 Å². The van der Waals surface area contributed by atoms with Gasteiger partial charge >= 0.3 is 12.1 Å². The molecular formula is C9H5F6NO2. The van der Waals surface area contributed by atoms with E-state index in [2.05, 4.69) is 4.98 Å². The minimum atomic E-state index is -5.28. The highest BCUT2D eigenvalue weighted by molar-refractivity contribution is 5.70. The highest BCUT2D eigenvalue weighted by Crippen LogP contribution is 2.36. The van der Waals surface area contributed by atoms with E-state index in [0.717, 1.165) is 0 Å². The van der Waals surface area contributed by atoms with Crippen LogP contribution in [0.5, 0.6) is 0 Å². The summed E-state index contributed by atoms with van der Waals surface area (Å²) in [6.07, 6.45) is -9.67. The predicted octanol–water partition coefficient (Wildman–Crippen LogP) is 2.80. The van der Waals surface area contributed by atoms with Gasteiger partial charge in [0.05, 0.1) is 12.0 Å². The summed E-state index contributed by atoms with van der Waals surface area (Å²) in [7, 11) is 0. The molecule has 0 bridgehead atoms. The molecule has 0 amide bonds. The fourth-order valence-corrected chi connectivity index (χ4v) is 1.29. The Morgan fingerprint density at radius 1 is 1.39 bits per heavy atom. The summed E-state index contributed by atoms with van der Waals surface area (Å²) in [5.74, 6) is -3.90. The van der Waals surface area contributed by atoms with Gasteiger partial charge in [-0.05, 0) is 5.56 Å². The second-order valence-electron chi connectivity index (χ2n) is 3.23. The zero-order valence-corrected chi connectivity index (χ0v) is 8.43. The lowest BCUT2D eigenvalue weighted by atomic mass is 10.0. The second-order valence-corrected chi connectivity index (χ2v) is 3.23. The summed E-state index contributed by atoms with van der Waals surface area (Å²) in [5.41, 5.74) is -4.68. The summed E-state index contributed by atoms with van der Waals surface area (Å²) < 4.78 is 75.2. The minimum Gasteiger partial charge on any atom is -0.481 e. The number of pyridine rings is 1. The molecule has 0 saturated heterocycles. The molecule has 0 aliphatic rings. The van der Waals surface area contributed by atoms with Crippen molar-refractivity contribution in [1.82, 2.24) is 4.98 Å². The molecular weight excluding hydrogens is 268 g/mol. The number of carboxylic acid groups (broad SMARTS) is 1. The number of halogens is 6. The molecule has 0 aliphatic carbocycles. The normalized spacial score (nSPS) is 11.9. The van der Waals surface area contributed by atoms with Crippen molar-refractivity contribution in [2.24, 2.45) is 0 Å². The van der Waals surface area contributed by atoms with Gasteiger partial charge in [0, 0.05) is 6.20 Å². The van der Waals surface area contributed by atoms with Crippen molar-refractivity contribution >= 4 is 5.97 Å². The Morgan fingerprint density at radius 3 is 2.33 bits per heavy atom. The van der Waals surface area contributed by atoms with E-state index in [1.807, 2.05) is 0 Å². The number of alkyl halides is 5. The molecule has 1 rings (SSSR count). The van der Waals surface area contributed by atoms with Crippen molar-refractivity contribution in [3.05, 3.63) is 28.8 Å². The van der Waals surface area contributed by atoms with Crippen molar-refractivity contribution < 1.29 is 36.2 Å². The van der Waals surface area contributed by atoms with Crippen LogP contribution >= 0.6 is 0 Å². The standard InChI is InChI=1S/C9H5F6NO2/c10-6-5(9(13,14)15)3(1-4(17)18)2-16-7(6)8(11)12/h2,8H,1H2,(H,17,18). The van der Waals surface area contributed by atoms with Crippen LogP contribution in [0.15, 0.2) is 6.20 Å². The van der Waals surface area contributed by atoms with Crippen molar-refractivity contribution in [2.45, 2.75) is 19.0 Å². The zero-order chi connectivity index (χ0) is 14.1. The first-order valence-corrected chi connectivity index (χ1v) is 4.39. The second kappa shape index (κ2) is 4.83. The number of hydrogen-bond acceptors (Lipinski definition) is 2. The number of hydrogen-bond donors (Lipinski definition) is 1. The third-order valence-corrected chi connectivity index (χ3v) is 1.96. The summed E-state index contributed by atoms with van der Waals surface area (Å²) in [6.45, 7) is 0. The van der Waals surface area contributed by atoms with Gasteiger partial charge in [-0.2, -0.15) is 13.2 Å². The topological polar surface area (TPSA) is 50.2 Å². The molecule has 0 radical (unpaired) electrons. The largest absolute Gasteiger partial charge is 0.481 e. The number of rotatable bonds is 3. The smallest absolute Gasteiger partial charge is 0.419 e. The molecule has 1 heterocycles. The molecule has 18 heavy (non-hydrogen) atoms. The first-order valence-electron chi connectivity index (χ1n) is 4.39. The van der Waals surface area contributed by atoms with Crippen molar-refractivity contribution in [1.29, 1.82) is 0 Å². The first kappa shape index (κ1) is 14.3. The molecule has 1 aromatic rings. The number of carbonyl (C=O) groups is 1. The monoisotopic (exact) mass is 273 g/mol. The number of nitrogens with zero attached hydrogens (tertiary/aromatic N) is 1. The molecule has 100 valence electrons. The lowest BCUT2D eigenvalue weighted by Crippen LogP contribution is -2.17. The maximum Gasteiger partial charge on any atom is 0.419 e. The van der Waals surface area contributed by atoms with Gasteiger partial charge in [0.15, 0.2) is 5.82 Å². The van der Waals surface area contributed by atoms with Gasteiger partial charge in [0.2, 0.25) is 0 Å². The summed E-state index contributed by atoms with van der Waals surface area (Å²) in [6, 6.07) is 0. The molecule has 0 spiro atoms. The van der Waals surface area contributed by atoms with Gasteiger partial charge in [-0.15, -0.1) is 0 Å². The van der Waals surface area contributed by atoms with E-state index >= 15 is 0 Å². The summed E-state index contributed by atoms with van der Waals surface area (Å²) >= 11 is 0. The van der Waals surface area contributed by atoms with E-state index < -0.39 is 47.6 Å². The Bertz CT molecular complexity index is 471. The Balaban J connectivity index is 3.47. The molecule has 0 saturated carbocycles. The average molecular weight is 273 g/mol. The van der Waals surface area contributed by atoms with Crippen LogP contribution in [0.3, 0.4) is 0 Å². The minimum absolute atomic E-state index is 0.293. The van der Waals surface area contributed by atoms with Gasteiger partial charge in [0.25, 0.3) is 6.43 Å². The third kappa shape index (κ3) is 2.90. The van der Waals surface area contributed by atoms with Crippen LogP contribution in [0.1, 0.15) is 23.2 Å². The maximum atomic E-state index is 13.3. The Morgan fingerprint density at radius 2 is 1.94 bits per heavy atom. The average Bonchev–Trinajstić information content (AvgIpc) is 2.13. The Kier molecular flexibility index (Phi) is 3.82. The fraction of sp³-hybridized carbons (Fsp3) is 0.333. The zero-order valence-electron chi connectivity index (χ0n) is 8.43. The molecule has 1 aromatic heterocycles. The summed E-state index contributed by atoms with van der Waals surface area (Å²) in [5, 5.41) is 8.36. The number of aromatic nitrogens is 1. The lowest BCUT2D eigenvalue weighted by molar-refractivity contribution is -0.141. The van der Waals surface area contributed by atoms with E-state index in [9.17, 15) is 31.1 Å². The van der Waals surface area contributed by atoms with Gasteiger partial charge in [-0.1, -0.05) is 0 Å². The molecule has 9 heteroatoms. The van der Waals surface area contributed by atoms with E-state index in [-0.39, 0.29) is 0 Å². The van der Waals surface area contributed by atoms with Crippen LogP contribution in [-0.2, 0) is 17.4 Å². The van der Waals surface area contributed by atoms with E-state index in [4.69, 9.17) is 5.11 Å². The molecule has 1 N–H and O–H groups in total. The van der Waals surface area contributed by atoms with E-state index in [1.54, 1.807) is 0 Å². The molecule has 0 fully saturated rings. The van der Waals surface area contributed by atoms with E-state index in [0.29, 0.717) is 6.20 Å². The fourth-order valence-electron chi connectivity index (χ4n) is 1.29. The van der Waals surface area contributed by atoms with Crippen LogP contribution < -0.4 is 0 Å². The van der Waals surface area contributed by atoms with Crippen molar-refractivity contribution in [3.63, 3.8) is 0 Å². The van der Waals surface area contributed by atoms with Crippen LogP contribution in [0.2, 0.25) is 0 Å². The summed E-state index contributed by atoms with van der Waals surface area (Å²) in [4.78, 5) is 13.1. The highest BCUT2D eigenvalue weighted by Gasteiger charge is 2.39. The van der Waals surface area contributed by atoms with E-state index in [1.165, 1.54) is 0 Å². The van der Waals surface area contributed by atoms with Crippen LogP contribution in [-0.4, -0.2) is 16.1 Å². The number of aliphatic carboxylic acids is 1. The maximum absolute atomic E-state index is 13.3. The Hall–Kier alpha value is -1.80. The third-order valence-electron chi connectivity index (χ3n) is 1.96. The molecule has 0 aromatic carbocycles. The molecule has 0 aliphatic heterocycles. The lowest BCUT2D eigenvalue weighted by Gasteiger charge is -2.14. The molecule has 3 nitrogen and oxygen atoms in total. The quantitative estimate of drug-likeness (QED) is 0.861. The van der Waals surface area contributed by atoms with Gasteiger partial charge in [0.1, 0.15) is 5.69 Å². The predicted molar refractivity (Wildman–Crippen MR) is 45.5 cm³/mol. The van der Waals surface area contributed by atoms with Crippen LogP contribution in [0.4, 0.5) is 26.3 Å². The van der Waals surface area contributed by atoms with Gasteiger partial charge in [-0.3, -0.25) is 9.78 Å². The molecule has 0 atom stereocenters.